The molecule has 0 amide bonds. The maximum atomic E-state index is 12.4. The van der Waals surface area contributed by atoms with Crippen LogP contribution in [0.5, 0.6) is 0 Å². The number of ether oxygens (including phenoxy) is 1. The Balaban J connectivity index is 2.22. The average molecular weight is 321 g/mol. The zero-order chi connectivity index (χ0) is 17.4. The fourth-order valence-electron chi connectivity index (χ4n) is 2.25. The number of hydrogen-bond donors (Lipinski definition) is 0. The Morgan fingerprint density at radius 1 is 1.25 bits per heavy atom. The van der Waals surface area contributed by atoms with Crippen LogP contribution in [0.4, 0.5) is 5.69 Å². The lowest BCUT2D eigenvalue weighted by Gasteiger charge is -2.07. The third kappa shape index (κ3) is 4.47. The quantitative estimate of drug-likeness (QED) is 0.204. The van der Waals surface area contributed by atoms with Gasteiger partial charge in [-0.15, -0.1) is 12.3 Å². The van der Waals surface area contributed by atoms with E-state index in [0.717, 1.165) is 22.3 Å². The normalized spacial score (nSPS) is 10.9. The van der Waals surface area contributed by atoms with Crippen LogP contribution < -0.4 is 0 Å². The van der Waals surface area contributed by atoms with Crippen LogP contribution in [0.3, 0.4) is 0 Å². The smallest absolute Gasteiger partial charge is 0.338 e. The van der Waals surface area contributed by atoms with Gasteiger partial charge in [0.15, 0.2) is 6.21 Å². The highest BCUT2D eigenvalue weighted by atomic mass is 16.5. The zero-order valence-corrected chi connectivity index (χ0v) is 13.6. The molecule has 0 saturated heterocycles. The summed E-state index contributed by atoms with van der Waals surface area (Å²) in [7, 11) is 0. The molecule has 4 nitrogen and oxygen atoms in total. The standard InChI is InChI=1S/C20H19NO3/c1-3-5-8-16-9-6-7-10-18(16)15-21(23)19-13-11-17(12-14-19)20(22)24-4-2/h1,6-7,9-15H,4-5,8H2,2H3/b21-15-. The molecule has 0 fully saturated rings. The van der Waals surface area contributed by atoms with E-state index in [0.29, 0.717) is 24.3 Å². The van der Waals surface area contributed by atoms with Crippen molar-refractivity contribution >= 4 is 17.9 Å². The van der Waals surface area contributed by atoms with E-state index >= 15 is 0 Å². The van der Waals surface area contributed by atoms with Gasteiger partial charge in [0.1, 0.15) is 0 Å². The van der Waals surface area contributed by atoms with Gasteiger partial charge in [-0.1, -0.05) is 18.2 Å². The van der Waals surface area contributed by atoms with Crippen LogP contribution in [-0.2, 0) is 11.2 Å². The summed E-state index contributed by atoms with van der Waals surface area (Å²) in [4.78, 5) is 11.6. The summed E-state index contributed by atoms with van der Waals surface area (Å²) < 4.78 is 5.70. The van der Waals surface area contributed by atoms with Gasteiger partial charge in [0.25, 0.3) is 0 Å². The lowest BCUT2D eigenvalue weighted by atomic mass is 10.0. The lowest BCUT2D eigenvalue weighted by Crippen LogP contribution is -2.05. The molecule has 0 aromatic heterocycles. The SMILES string of the molecule is C#CCCc1ccccc1/C=[N+](\[O-])c1ccc(C(=O)OCC)cc1. The van der Waals surface area contributed by atoms with E-state index in [1.54, 1.807) is 31.2 Å². The Morgan fingerprint density at radius 3 is 2.62 bits per heavy atom. The first-order valence-corrected chi connectivity index (χ1v) is 7.75. The van der Waals surface area contributed by atoms with Crippen molar-refractivity contribution in [2.75, 3.05) is 6.61 Å². The number of benzene rings is 2. The number of terminal acetylenes is 1. The minimum Gasteiger partial charge on any atom is -0.618 e. The van der Waals surface area contributed by atoms with Crippen LogP contribution in [0, 0.1) is 17.6 Å². The molecule has 0 N–H and O–H groups in total. The number of nitrogens with zero attached hydrogens (tertiary/aromatic N) is 1. The maximum Gasteiger partial charge on any atom is 0.338 e. The molecule has 0 spiro atoms. The minimum atomic E-state index is -0.398. The third-order valence-corrected chi connectivity index (χ3v) is 3.48. The summed E-state index contributed by atoms with van der Waals surface area (Å²) in [6, 6.07) is 14.0. The van der Waals surface area contributed by atoms with E-state index < -0.39 is 5.97 Å². The van der Waals surface area contributed by atoms with E-state index in [4.69, 9.17) is 11.2 Å². The van der Waals surface area contributed by atoms with Crippen LogP contribution in [0.1, 0.15) is 34.8 Å². The van der Waals surface area contributed by atoms with Crippen molar-refractivity contribution in [3.8, 4) is 12.3 Å². The number of hydrogen-bond acceptors (Lipinski definition) is 3. The van der Waals surface area contributed by atoms with E-state index in [9.17, 15) is 10.0 Å². The Morgan fingerprint density at radius 2 is 1.96 bits per heavy atom. The molecule has 122 valence electrons. The highest BCUT2D eigenvalue weighted by Gasteiger charge is 2.09. The summed E-state index contributed by atoms with van der Waals surface area (Å²) in [5.74, 6) is 2.21. The monoisotopic (exact) mass is 321 g/mol. The van der Waals surface area contributed by atoms with Gasteiger partial charge in [-0.2, -0.15) is 4.74 Å². The van der Waals surface area contributed by atoms with Crippen LogP contribution in [0.2, 0.25) is 0 Å². The van der Waals surface area contributed by atoms with Crippen molar-refractivity contribution in [2.45, 2.75) is 19.8 Å². The molecule has 0 saturated carbocycles. The second-order valence-electron chi connectivity index (χ2n) is 5.13. The van der Waals surface area contributed by atoms with Gasteiger partial charge in [0.05, 0.1) is 12.2 Å². The molecule has 2 aromatic rings. The summed E-state index contributed by atoms with van der Waals surface area (Å²) in [6.45, 7) is 2.06. The number of carbonyl (C=O) groups excluding carboxylic acids is 1. The second-order valence-corrected chi connectivity index (χ2v) is 5.13. The first-order valence-electron chi connectivity index (χ1n) is 7.75. The summed E-state index contributed by atoms with van der Waals surface area (Å²) in [5.41, 5.74) is 2.72. The summed E-state index contributed by atoms with van der Waals surface area (Å²) in [5, 5.41) is 12.4. The predicted octanol–water partition coefficient (Wildman–Crippen LogP) is 3.69. The van der Waals surface area contributed by atoms with Gasteiger partial charge in [-0.05, 0) is 37.1 Å². The van der Waals surface area contributed by atoms with Crippen molar-refractivity contribution in [1.29, 1.82) is 0 Å². The highest BCUT2D eigenvalue weighted by molar-refractivity contribution is 5.89. The van der Waals surface area contributed by atoms with E-state index in [2.05, 4.69) is 5.92 Å². The maximum absolute atomic E-state index is 12.4. The number of rotatable bonds is 6. The Hall–Kier alpha value is -3.06. The summed E-state index contributed by atoms with van der Waals surface area (Å²) >= 11 is 0. The molecule has 0 unspecified atom stereocenters. The number of esters is 1. The number of aryl methyl sites for hydroxylation is 1. The molecule has 0 aliphatic heterocycles. The Bertz CT molecular complexity index is 770. The Kier molecular flexibility index (Phi) is 6.16. The van der Waals surface area contributed by atoms with Crippen molar-refractivity contribution in [1.82, 2.24) is 0 Å². The second kappa shape index (κ2) is 8.54. The number of carbonyl (C=O) groups is 1. The molecule has 24 heavy (non-hydrogen) atoms. The predicted molar refractivity (Wildman–Crippen MR) is 94.4 cm³/mol. The average Bonchev–Trinajstić information content (AvgIpc) is 2.61. The van der Waals surface area contributed by atoms with Crippen LogP contribution in [0.25, 0.3) is 0 Å². The van der Waals surface area contributed by atoms with Crippen LogP contribution >= 0.6 is 0 Å². The van der Waals surface area contributed by atoms with Gasteiger partial charge < -0.3 is 9.94 Å². The van der Waals surface area contributed by atoms with Crippen LogP contribution in [0.15, 0.2) is 48.5 Å². The first-order chi connectivity index (χ1) is 11.7. The van der Waals surface area contributed by atoms with Crippen molar-refractivity contribution in [3.05, 3.63) is 70.4 Å². The van der Waals surface area contributed by atoms with E-state index in [1.807, 2.05) is 24.3 Å². The van der Waals surface area contributed by atoms with Gasteiger partial charge in [-0.25, -0.2) is 4.79 Å². The topological polar surface area (TPSA) is 52.4 Å². The van der Waals surface area contributed by atoms with Gasteiger partial charge in [0.2, 0.25) is 5.69 Å². The lowest BCUT2D eigenvalue weighted by molar-refractivity contribution is -0.354. The molecule has 0 aliphatic carbocycles. The molecule has 2 aromatic carbocycles. The molecule has 0 aliphatic rings. The van der Waals surface area contributed by atoms with E-state index in [-0.39, 0.29) is 0 Å². The largest absolute Gasteiger partial charge is 0.618 e. The van der Waals surface area contributed by atoms with Crippen molar-refractivity contribution < 1.29 is 14.3 Å². The molecule has 0 bridgehead atoms. The van der Waals surface area contributed by atoms with Gasteiger partial charge >= 0.3 is 5.97 Å². The van der Waals surface area contributed by atoms with Crippen molar-refractivity contribution in [3.63, 3.8) is 0 Å². The van der Waals surface area contributed by atoms with Gasteiger partial charge in [-0.3, -0.25) is 0 Å². The molecule has 0 radical (unpaired) electrons. The fourth-order valence-corrected chi connectivity index (χ4v) is 2.25. The highest BCUT2D eigenvalue weighted by Crippen LogP contribution is 2.15. The molecule has 4 heteroatoms. The van der Waals surface area contributed by atoms with Crippen molar-refractivity contribution in [2.24, 2.45) is 0 Å². The Labute approximate surface area is 142 Å². The third-order valence-electron chi connectivity index (χ3n) is 3.48. The van der Waals surface area contributed by atoms with Gasteiger partial charge in [0, 0.05) is 24.1 Å². The van der Waals surface area contributed by atoms with Crippen LogP contribution in [-0.4, -0.2) is 23.5 Å². The molecular formula is C20H19NO3. The minimum absolute atomic E-state index is 0.316. The van der Waals surface area contributed by atoms with E-state index in [1.165, 1.54) is 6.21 Å². The summed E-state index contributed by atoms with van der Waals surface area (Å²) in [6.07, 6.45) is 8.17. The fraction of sp³-hybridized carbons (Fsp3) is 0.200. The molecular weight excluding hydrogens is 302 g/mol. The molecule has 0 atom stereocenters. The zero-order valence-electron chi connectivity index (χ0n) is 13.6. The first kappa shape index (κ1) is 17.3. The molecule has 0 heterocycles. The molecule has 2 rings (SSSR count).